The average Bonchev–Trinajstić information content (AvgIpc) is 2.76. The van der Waals surface area contributed by atoms with Crippen LogP contribution < -0.4 is 20.3 Å². The van der Waals surface area contributed by atoms with Crippen molar-refractivity contribution < 1.29 is 9.53 Å². The Balaban J connectivity index is 1.67. The molecule has 6 nitrogen and oxygen atoms in total. The molecule has 0 aliphatic rings. The molecule has 0 radical (unpaired) electrons. The van der Waals surface area contributed by atoms with Crippen molar-refractivity contribution in [1.82, 2.24) is 4.98 Å². The SMILES string of the molecule is CCN(CC)c1ccc(NC(=O)c2cc(Nc3ccc(OC)cc3)ccn2)cc1. The Morgan fingerprint density at radius 2 is 1.59 bits per heavy atom. The molecule has 1 aromatic heterocycles. The lowest BCUT2D eigenvalue weighted by Crippen LogP contribution is -2.21. The van der Waals surface area contributed by atoms with Gasteiger partial charge in [-0.1, -0.05) is 0 Å². The summed E-state index contributed by atoms with van der Waals surface area (Å²) in [6.07, 6.45) is 1.62. The van der Waals surface area contributed by atoms with Gasteiger partial charge in [-0.15, -0.1) is 0 Å². The van der Waals surface area contributed by atoms with Crippen molar-refractivity contribution in [2.24, 2.45) is 0 Å². The summed E-state index contributed by atoms with van der Waals surface area (Å²) in [5, 5.41) is 6.17. The number of nitrogens with zero attached hydrogens (tertiary/aromatic N) is 2. The van der Waals surface area contributed by atoms with E-state index in [2.05, 4.69) is 34.4 Å². The van der Waals surface area contributed by atoms with Gasteiger partial charge in [-0.3, -0.25) is 9.78 Å². The van der Waals surface area contributed by atoms with Gasteiger partial charge in [0.25, 0.3) is 5.91 Å². The van der Waals surface area contributed by atoms with E-state index in [1.807, 2.05) is 54.6 Å². The van der Waals surface area contributed by atoms with Crippen molar-refractivity contribution in [3.05, 3.63) is 72.6 Å². The van der Waals surface area contributed by atoms with Gasteiger partial charge in [-0.25, -0.2) is 0 Å². The topological polar surface area (TPSA) is 66.5 Å². The molecule has 0 atom stereocenters. The number of aromatic nitrogens is 1. The van der Waals surface area contributed by atoms with Crippen molar-refractivity contribution in [1.29, 1.82) is 0 Å². The minimum atomic E-state index is -0.251. The van der Waals surface area contributed by atoms with Gasteiger partial charge in [-0.05, 0) is 74.5 Å². The molecule has 3 rings (SSSR count). The first-order valence-corrected chi connectivity index (χ1v) is 9.66. The zero-order valence-corrected chi connectivity index (χ0v) is 17.0. The molecule has 0 bridgehead atoms. The third-order valence-corrected chi connectivity index (χ3v) is 4.63. The van der Waals surface area contributed by atoms with Crippen LogP contribution in [0.2, 0.25) is 0 Å². The molecule has 1 amide bonds. The molecule has 0 aliphatic carbocycles. The largest absolute Gasteiger partial charge is 0.497 e. The Hall–Kier alpha value is -3.54. The summed E-state index contributed by atoms with van der Waals surface area (Å²) < 4.78 is 5.17. The molecule has 29 heavy (non-hydrogen) atoms. The number of nitrogens with one attached hydrogen (secondary N) is 2. The molecule has 0 aliphatic heterocycles. The van der Waals surface area contributed by atoms with Crippen molar-refractivity contribution in [3.63, 3.8) is 0 Å². The predicted molar refractivity (Wildman–Crippen MR) is 118 cm³/mol. The normalized spacial score (nSPS) is 10.3. The molecule has 150 valence electrons. The average molecular weight is 390 g/mol. The molecule has 0 saturated carbocycles. The van der Waals surface area contributed by atoms with E-state index in [1.54, 1.807) is 19.4 Å². The molecule has 3 aromatic rings. The van der Waals surface area contributed by atoms with Crippen LogP contribution in [0.4, 0.5) is 22.7 Å². The first kappa shape index (κ1) is 20.2. The lowest BCUT2D eigenvalue weighted by molar-refractivity contribution is 0.102. The lowest BCUT2D eigenvalue weighted by Gasteiger charge is -2.21. The zero-order valence-electron chi connectivity index (χ0n) is 17.0. The number of rotatable bonds is 8. The van der Waals surface area contributed by atoms with Crippen LogP contribution >= 0.6 is 0 Å². The van der Waals surface area contributed by atoms with Crippen LogP contribution in [0.1, 0.15) is 24.3 Å². The Bertz CT molecular complexity index is 936. The number of ether oxygens (including phenoxy) is 1. The third-order valence-electron chi connectivity index (χ3n) is 4.63. The van der Waals surface area contributed by atoms with Crippen LogP contribution in [0.15, 0.2) is 66.9 Å². The van der Waals surface area contributed by atoms with E-state index in [9.17, 15) is 4.79 Å². The Kier molecular flexibility index (Phi) is 6.68. The summed E-state index contributed by atoms with van der Waals surface area (Å²) >= 11 is 0. The highest BCUT2D eigenvalue weighted by atomic mass is 16.5. The maximum atomic E-state index is 12.6. The smallest absolute Gasteiger partial charge is 0.274 e. The molecule has 0 unspecified atom stereocenters. The van der Waals surface area contributed by atoms with E-state index < -0.39 is 0 Å². The van der Waals surface area contributed by atoms with E-state index in [4.69, 9.17) is 4.74 Å². The van der Waals surface area contributed by atoms with Gasteiger partial charge >= 0.3 is 0 Å². The molecular weight excluding hydrogens is 364 g/mol. The van der Waals surface area contributed by atoms with Gasteiger partial charge in [-0.2, -0.15) is 0 Å². The van der Waals surface area contributed by atoms with Crippen molar-refractivity contribution >= 4 is 28.7 Å². The fourth-order valence-electron chi connectivity index (χ4n) is 3.01. The quantitative estimate of drug-likeness (QED) is 0.571. The van der Waals surface area contributed by atoms with E-state index in [1.165, 1.54) is 0 Å². The number of anilines is 4. The number of hydrogen-bond donors (Lipinski definition) is 2. The summed E-state index contributed by atoms with van der Waals surface area (Å²) in [5.41, 5.74) is 3.90. The second kappa shape index (κ2) is 9.59. The van der Waals surface area contributed by atoms with E-state index in [-0.39, 0.29) is 5.91 Å². The summed E-state index contributed by atoms with van der Waals surface area (Å²) in [5.74, 6) is 0.538. The molecular formula is C23H26N4O2. The van der Waals surface area contributed by atoms with E-state index in [0.29, 0.717) is 5.69 Å². The predicted octanol–water partition coefficient (Wildman–Crippen LogP) is 4.93. The highest BCUT2D eigenvalue weighted by Gasteiger charge is 2.09. The van der Waals surface area contributed by atoms with Crippen LogP contribution in [0, 0.1) is 0 Å². The summed E-state index contributed by atoms with van der Waals surface area (Å²) in [4.78, 5) is 19.1. The number of carbonyl (C=O) groups is 1. The minimum Gasteiger partial charge on any atom is -0.497 e. The Morgan fingerprint density at radius 1 is 0.931 bits per heavy atom. The van der Waals surface area contributed by atoms with Crippen LogP contribution in [0.3, 0.4) is 0 Å². The summed E-state index contributed by atoms with van der Waals surface area (Å²) in [6.45, 7) is 6.13. The van der Waals surface area contributed by atoms with Crippen molar-refractivity contribution in [2.45, 2.75) is 13.8 Å². The fourth-order valence-corrected chi connectivity index (χ4v) is 3.01. The fraction of sp³-hybridized carbons (Fsp3) is 0.217. The molecule has 6 heteroatoms. The maximum Gasteiger partial charge on any atom is 0.274 e. The minimum absolute atomic E-state index is 0.251. The number of carbonyl (C=O) groups excluding carboxylic acids is 1. The van der Waals surface area contributed by atoms with Gasteiger partial charge in [0.2, 0.25) is 0 Å². The molecule has 2 N–H and O–H groups in total. The Labute approximate surface area is 171 Å². The number of amides is 1. The molecule has 0 spiro atoms. The third kappa shape index (κ3) is 5.25. The zero-order chi connectivity index (χ0) is 20.6. The van der Waals surface area contributed by atoms with Crippen molar-refractivity contribution in [3.8, 4) is 5.75 Å². The molecule has 0 saturated heterocycles. The van der Waals surface area contributed by atoms with E-state index >= 15 is 0 Å². The molecule has 1 heterocycles. The number of pyridine rings is 1. The first-order valence-electron chi connectivity index (χ1n) is 9.66. The lowest BCUT2D eigenvalue weighted by atomic mass is 10.2. The van der Waals surface area contributed by atoms with Crippen LogP contribution in [-0.2, 0) is 0 Å². The maximum absolute atomic E-state index is 12.6. The van der Waals surface area contributed by atoms with Crippen molar-refractivity contribution in [2.75, 3.05) is 35.7 Å². The van der Waals surface area contributed by atoms with E-state index in [0.717, 1.165) is 41.6 Å². The number of methoxy groups -OCH3 is 1. The second-order valence-corrected chi connectivity index (χ2v) is 6.46. The van der Waals surface area contributed by atoms with Gasteiger partial charge in [0.1, 0.15) is 11.4 Å². The Morgan fingerprint density at radius 3 is 2.21 bits per heavy atom. The standard InChI is InChI=1S/C23H26N4O2/c1-4-27(5-2)20-10-6-18(7-11-20)26-23(28)22-16-19(14-15-24-22)25-17-8-12-21(29-3)13-9-17/h6-16H,4-5H2,1-3H3,(H,24,25)(H,26,28). The molecule has 0 fully saturated rings. The first-order chi connectivity index (χ1) is 14.1. The molecule has 2 aromatic carbocycles. The second-order valence-electron chi connectivity index (χ2n) is 6.46. The highest BCUT2D eigenvalue weighted by Crippen LogP contribution is 2.21. The highest BCUT2D eigenvalue weighted by molar-refractivity contribution is 6.03. The number of benzene rings is 2. The van der Waals surface area contributed by atoms with Gasteiger partial charge in [0.15, 0.2) is 0 Å². The summed E-state index contributed by atoms with van der Waals surface area (Å²) in [7, 11) is 1.63. The van der Waals surface area contributed by atoms with Gasteiger partial charge < -0.3 is 20.3 Å². The number of hydrogen-bond acceptors (Lipinski definition) is 5. The van der Waals surface area contributed by atoms with Crippen LogP contribution in [0.25, 0.3) is 0 Å². The van der Waals surface area contributed by atoms with Gasteiger partial charge in [0, 0.05) is 42.0 Å². The summed E-state index contributed by atoms with van der Waals surface area (Å²) in [6, 6.07) is 19.0. The van der Waals surface area contributed by atoms with Crippen LogP contribution in [-0.4, -0.2) is 31.1 Å². The van der Waals surface area contributed by atoms with Gasteiger partial charge in [0.05, 0.1) is 7.11 Å². The van der Waals surface area contributed by atoms with Crippen LogP contribution in [0.5, 0.6) is 5.75 Å². The monoisotopic (exact) mass is 390 g/mol.